The molecule has 0 radical (unpaired) electrons. The van der Waals surface area contributed by atoms with Gasteiger partial charge in [0.25, 0.3) is 0 Å². The Bertz CT molecular complexity index is 799. The molecule has 1 aliphatic rings. The number of fused-ring (bicyclic) bond motifs is 2. The molecule has 22 heavy (non-hydrogen) atoms. The Morgan fingerprint density at radius 3 is 2.18 bits per heavy atom. The van der Waals surface area contributed by atoms with Crippen molar-refractivity contribution in [3.63, 3.8) is 0 Å². The van der Waals surface area contributed by atoms with Crippen LogP contribution in [0.3, 0.4) is 0 Å². The van der Waals surface area contributed by atoms with E-state index in [9.17, 15) is 19.8 Å². The maximum absolute atomic E-state index is 12.6. The van der Waals surface area contributed by atoms with Crippen molar-refractivity contribution in [2.24, 2.45) is 5.73 Å². The van der Waals surface area contributed by atoms with Crippen LogP contribution in [-0.2, 0) is 0 Å². The Labute approximate surface area is 126 Å². The second-order valence-electron chi connectivity index (χ2n) is 4.96. The number of benzene rings is 2. The summed E-state index contributed by atoms with van der Waals surface area (Å²) >= 11 is 0. The first-order chi connectivity index (χ1) is 10.6. The van der Waals surface area contributed by atoms with Crippen molar-refractivity contribution >= 4 is 17.3 Å². The average Bonchev–Trinajstić information content (AvgIpc) is 2.53. The molecule has 0 aromatic heterocycles. The van der Waals surface area contributed by atoms with Gasteiger partial charge in [0.05, 0.1) is 16.8 Å². The molecule has 0 atom stereocenters. The molecule has 0 saturated heterocycles. The number of phenolic OH excluding ortho intramolecular Hbond substituents is 2. The molecule has 2 aromatic rings. The van der Waals surface area contributed by atoms with Crippen molar-refractivity contribution in [1.82, 2.24) is 0 Å². The van der Waals surface area contributed by atoms with E-state index in [0.717, 1.165) is 0 Å². The number of rotatable bonds is 3. The Kier molecular flexibility index (Phi) is 3.30. The van der Waals surface area contributed by atoms with Crippen LogP contribution in [-0.4, -0.2) is 34.9 Å². The molecule has 0 unspecified atom stereocenters. The molecule has 6 nitrogen and oxygen atoms in total. The highest BCUT2D eigenvalue weighted by Crippen LogP contribution is 2.42. The third kappa shape index (κ3) is 1.93. The average molecular weight is 298 g/mol. The predicted octanol–water partition coefficient (Wildman–Crippen LogP) is 1.24. The minimum atomic E-state index is -0.491. The molecule has 0 heterocycles. The van der Waals surface area contributed by atoms with E-state index < -0.39 is 11.6 Å². The minimum absolute atomic E-state index is 0.167. The lowest BCUT2D eigenvalue weighted by molar-refractivity contribution is 0.0974. The van der Waals surface area contributed by atoms with Crippen LogP contribution in [0.15, 0.2) is 30.3 Å². The Balaban J connectivity index is 2.24. The first-order valence-corrected chi connectivity index (χ1v) is 6.77. The summed E-state index contributed by atoms with van der Waals surface area (Å²) in [5, 5.41) is 23.2. The Hall–Kier alpha value is -2.86. The number of hydrogen-bond acceptors (Lipinski definition) is 6. The van der Waals surface area contributed by atoms with E-state index in [-0.39, 0.29) is 39.4 Å². The predicted molar refractivity (Wildman–Crippen MR) is 80.6 cm³/mol. The van der Waals surface area contributed by atoms with E-state index in [0.29, 0.717) is 13.1 Å². The lowest BCUT2D eigenvalue weighted by Gasteiger charge is -2.21. The standard InChI is InChI=1S/C16H14N2O4/c17-5-6-18-10-7-11(19)12-13(16(10)22)15(21)9-4-2-1-3-8(9)14(12)20/h1-4,7,18-19,22H,5-6,17H2. The highest BCUT2D eigenvalue weighted by molar-refractivity contribution is 6.30. The second-order valence-corrected chi connectivity index (χ2v) is 4.96. The maximum atomic E-state index is 12.6. The van der Waals surface area contributed by atoms with Gasteiger partial charge < -0.3 is 21.3 Å². The van der Waals surface area contributed by atoms with E-state index in [1.165, 1.54) is 18.2 Å². The largest absolute Gasteiger partial charge is 0.507 e. The van der Waals surface area contributed by atoms with E-state index >= 15 is 0 Å². The monoisotopic (exact) mass is 298 g/mol. The highest BCUT2D eigenvalue weighted by atomic mass is 16.3. The van der Waals surface area contributed by atoms with Gasteiger partial charge in [-0.05, 0) is 0 Å². The van der Waals surface area contributed by atoms with Gasteiger partial charge in [-0.25, -0.2) is 0 Å². The van der Waals surface area contributed by atoms with E-state index in [4.69, 9.17) is 5.73 Å². The molecule has 0 amide bonds. The van der Waals surface area contributed by atoms with Crippen LogP contribution in [0.2, 0.25) is 0 Å². The van der Waals surface area contributed by atoms with Crippen molar-refractivity contribution in [2.75, 3.05) is 18.4 Å². The van der Waals surface area contributed by atoms with Crippen LogP contribution in [0.5, 0.6) is 11.5 Å². The zero-order chi connectivity index (χ0) is 15.9. The normalized spacial score (nSPS) is 12.8. The molecular weight excluding hydrogens is 284 g/mol. The van der Waals surface area contributed by atoms with E-state index in [1.54, 1.807) is 12.1 Å². The summed E-state index contributed by atoms with van der Waals surface area (Å²) < 4.78 is 0. The van der Waals surface area contributed by atoms with Crippen LogP contribution in [0.4, 0.5) is 5.69 Å². The summed E-state index contributed by atoms with van der Waals surface area (Å²) in [6.07, 6.45) is 0. The summed E-state index contributed by atoms with van der Waals surface area (Å²) in [5.74, 6) is -1.67. The van der Waals surface area contributed by atoms with Crippen LogP contribution < -0.4 is 11.1 Å². The molecule has 5 N–H and O–H groups in total. The van der Waals surface area contributed by atoms with Gasteiger partial charge in [-0.15, -0.1) is 0 Å². The smallest absolute Gasteiger partial charge is 0.198 e. The zero-order valence-corrected chi connectivity index (χ0v) is 11.6. The number of carbonyl (C=O) groups is 2. The number of aromatic hydroxyl groups is 2. The number of nitrogens with one attached hydrogen (secondary N) is 1. The SMILES string of the molecule is NCCNc1cc(O)c2c(c1O)C(=O)c1ccccc1C2=O. The van der Waals surface area contributed by atoms with Gasteiger partial charge in [0.2, 0.25) is 0 Å². The van der Waals surface area contributed by atoms with Crippen LogP contribution in [0, 0.1) is 0 Å². The van der Waals surface area contributed by atoms with Crippen molar-refractivity contribution in [3.8, 4) is 11.5 Å². The van der Waals surface area contributed by atoms with Crippen LogP contribution >= 0.6 is 0 Å². The third-order valence-corrected chi connectivity index (χ3v) is 3.61. The minimum Gasteiger partial charge on any atom is -0.507 e. The molecule has 0 spiro atoms. The number of ketones is 2. The summed E-state index contributed by atoms with van der Waals surface area (Å²) in [6.45, 7) is 0.664. The van der Waals surface area contributed by atoms with Gasteiger partial charge in [-0.1, -0.05) is 24.3 Å². The molecule has 0 fully saturated rings. The van der Waals surface area contributed by atoms with E-state index in [1.807, 2.05) is 0 Å². The lowest BCUT2D eigenvalue weighted by Crippen LogP contribution is -2.22. The molecule has 3 rings (SSSR count). The fraction of sp³-hybridized carbons (Fsp3) is 0.125. The fourth-order valence-corrected chi connectivity index (χ4v) is 2.60. The van der Waals surface area contributed by atoms with Crippen molar-refractivity contribution in [2.45, 2.75) is 0 Å². The van der Waals surface area contributed by atoms with Crippen LogP contribution in [0.1, 0.15) is 31.8 Å². The molecule has 2 aromatic carbocycles. The third-order valence-electron chi connectivity index (χ3n) is 3.61. The van der Waals surface area contributed by atoms with Crippen molar-refractivity contribution in [3.05, 3.63) is 52.6 Å². The Morgan fingerprint density at radius 1 is 1.00 bits per heavy atom. The van der Waals surface area contributed by atoms with Gasteiger partial charge in [-0.3, -0.25) is 9.59 Å². The molecule has 0 bridgehead atoms. The molecule has 1 aliphatic carbocycles. The molecule has 112 valence electrons. The highest BCUT2D eigenvalue weighted by Gasteiger charge is 2.35. The number of phenols is 2. The van der Waals surface area contributed by atoms with Crippen LogP contribution in [0.25, 0.3) is 0 Å². The molecular formula is C16H14N2O4. The topological polar surface area (TPSA) is 113 Å². The van der Waals surface area contributed by atoms with Gasteiger partial charge in [0.1, 0.15) is 5.75 Å². The fourth-order valence-electron chi connectivity index (χ4n) is 2.60. The summed E-state index contributed by atoms with van der Waals surface area (Å²) in [6, 6.07) is 7.55. The number of carbonyl (C=O) groups excluding carboxylic acids is 2. The second kappa shape index (κ2) is 5.16. The first kappa shape index (κ1) is 14.1. The number of hydrogen-bond donors (Lipinski definition) is 4. The van der Waals surface area contributed by atoms with Gasteiger partial charge >= 0.3 is 0 Å². The van der Waals surface area contributed by atoms with Gasteiger partial charge in [-0.2, -0.15) is 0 Å². The maximum Gasteiger partial charge on any atom is 0.198 e. The van der Waals surface area contributed by atoms with Crippen molar-refractivity contribution in [1.29, 1.82) is 0 Å². The van der Waals surface area contributed by atoms with E-state index in [2.05, 4.69) is 5.32 Å². The number of nitrogens with two attached hydrogens (primary N) is 1. The summed E-state index contributed by atoms with van der Waals surface area (Å²) in [5.41, 5.74) is 5.64. The quantitative estimate of drug-likeness (QED) is 0.427. The van der Waals surface area contributed by atoms with Gasteiger partial charge in [0.15, 0.2) is 17.3 Å². The summed E-state index contributed by atoms with van der Waals surface area (Å²) in [4.78, 5) is 25.1. The molecule has 0 aliphatic heterocycles. The van der Waals surface area contributed by atoms with Gasteiger partial charge in [0, 0.05) is 30.3 Å². The summed E-state index contributed by atoms with van der Waals surface area (Å²) in [7, 11) is 0. The first-order valence-electron chi connectivity index (χ1n) is 6.77. The molecule has 0 saturated carbocycles. The number of anilines is 1. The molecule has 6 heteroatoms. The van der Waals surface area contributed by atoms with Crippen molar-refractivity contribution < 1.29 is 19.8 Å². The zero-order valence-electron chi connectivity index (χ0n) is 11.6. The Morgan fingerprint density at radius 2 is 1.59 bits per heavy atom. The lowest BCUT2D eigenvalue weighted by atomic mass is 9.82.